The molecule has 0 radical (unpaired) electrons. The largest absolute Gasteiger partial charge is 0.369 e. The number of nitrogens with one attached hydrogen (secondary N) is 1. The summed E-state index contributed by atoms with van der Waals surface area (Å²) in [5.41, 5.74) is 0.398. The molecule has 1 N–H and O–H groups in total. The highest BCUT2D eigenvalue weighted by Gasteiger charge is 2.14. The van der Waals surface area contributed by atoms with Crippen LogP contribution in [0.25, 0.3) is 0 Å². The minimum Gasteiger partial charge on any atom is -0.369 e. The third-order valence-corrected chi connectivity index (χ3v) is 2.46. The lowest BCUT2D eigenvalue weighted by molar-refractivity contribution is 0.0767. The number of carbonyl (C=O) groups is 1. The van der Waals surface area contributed by atoms with Gasteiger partial charge in [0.15, 0.2) is 0 Å². The first-order valence-corrected chi connectivity index (χ1v) is 6.08. The third-order valence-electron chi connectivity index (χ3n) is 2.46. The van der Waals surface area contributed by atoms with E-state index in [2.05, 4.69) is 22.2 Å². The molecule has 0 aliphatic rings. The Hall–Kier alpha value is -1.65. The van der Waals surface area contributed by atoms with Crippen LogP contribution in [0.5, 0.6) is 0 Å². The fourth-order valence-corrected chi connectivity index (χ4v) is 1.48. The van der Waals surface area contributed by atoms with Crippen LogP contribution in [0, 0.1) is 0 Å². The average molecular weight is 236 g/mol. The van der Waals surface area contributed by atoms with Crippen molar-refractivity contribution in [3.8, 4) is 0 Å². The van der Waals surface area contributed by atoms with Crippen molar-refractivity contribution in [3.05, 3.63) is 18.1 Å². The van der Waals surface area contributed by atoms with Crippen LogP contribution in [0.2, 0.25) is 0 Å². The maximum Gasteiger partial charge on any atom is 0.274 e. The number of rotatable bonds is 6. The smallest absolute Gasteiger partial charge is 0.274 e. The maximum absolute atomic E-state index is 12.0. The van der Waals surface area contributed by atoms with Crippen molar-refractivity contribution in [2.75, 3.05) is 25.0 Å². The molecule has 1 rings (SSSR count). The first kappa shape index (κ1) is 13.4. The van der Waals surface area contributed by atoms with Gasteiger partial charge in [0, 0.05) is 19.6 Å². The number of hydrogen-bond donors (Lipinski definition) is 1. The fraction of sp³-hybridized carbons (Fsp3) is 0.583. The molecular weight excluding hydrogens is 216 g/mol. The summed E-state index contributed by atoms with van der Waals surface area (Å²) in [6.07, 6.45) is 4.16. The van der Waals surface area contributed by atoms with Crippen molar-refractivity contribution >= 4 is 11.7 Å². The molecule has 0 aromatic carbocycles. The predicted molar refractivity (Wildman–Crippen MR) is 68.1 cm³/mol. The van der Waals surface area contributed by atoms with Crippen molar-refractivity contribution in [2.24, 2.45) is 0 Å². The zero-order chi connectivity index (χ0) is 12.7. The second-order valence-electron chi connectivity index (χ2n) is 3.69. The summed E-state index contributed by atoms with van der Waals surface area (Å²) < 4.78 is 0. The van der Waals surface area contributed by atoms with Gasteiger partial charge in [-0.2, -0.15) is 0 Å². The first-order chi connectivity index (χ1) is 8.22. The van der Waals surface area contributed by atoms with Gasteiger partial charge >= 0.3 is 0 Å². The van der Waals surface area contributed by atoms with Crippen LogP contribution in [0.3, 0.4) is 0 Å². The number of hydrogen-bond acceptors (Lipinski definition) is 4. The minimum atomic E-state index is -0.0670. The van der Waals surface area contributed by atoms with Gasteiger partial charge in [-0.1, -0.05) is 6.92 Å². The molecule has 17 heavy (non-hydrogen) atoms. The molecular formula is C12H20N4O. The fourth-order valence-electron chi connectivity index (χ4n) is 1.48. The Morgan fingerprint density at radius 2 is 2.00 bits per heavy atom. The molecule has 0 fully saturated rings. The molecule has 0 unspecified atom stereocenters. The average Bonchev–Trinajstić information content (AvgIpc) is 2.38. The summed E-state index contributed by atoms with van der Waals surface area (Å²) in [6, 6.07) is 0. The zero-order valence-electron chi connectivity index (χ0n) is 10.7. The lowest BCUT2D eigenvalue weighted by atomic mass is 10.3. The minimum absolute atomic E-state index is 0.0670. The van der Waals surface area contributed by atoms with Crippen LogP contribution in [0.1, 0.15) is 37.7 Å². The molecule has 5 heteroatoms. The zero-order valence-corrected chi connectivity index (χ0v) is 10.7. The molecule has 1 amide bonds. The van der Waals surface area contributed by atoms with Crippen LogP contribution in [0.15, 0.2) is 12.4 Å². The van der Waals surface area contributed by atoms with Gasteiger partial charge in [-0.3, -0.25) is 9.78 Å². The molecule has 94 valence electrons. The number of carbonyl (C=O) groups excluding carboxylic acids is 1. The van der Waals surface area contributed by atoms with E-state index in [-0.39, 0.29) is 5.91 Å². The van der Waals surface area contributed by atoms with Gasteiger partial charge in [-0.25, -0.2) is 4.98 Å². The predicted octanol–water partition coefficient (Wildman–Crippen LogP) is 1.78. The Morgan fingerprint density at radius 3 is 2.59 bits per heavy atom. The lowest BCUT2D eigenvalue weighted by Crippen LogP contribution is -2.31. The molecule has 0 bridgehead atoms. The molecule has 0 aliphatic heterocycles. The summed E-state index contributed by atoms with van der Waals surface area (Å²) in [4.78, 5) is 22.1. The molecule has 0 aliphatic carbocycles. The first-order valence-electron chi connectivity index (χ1n) is 6.08. The van der Waals surface area contributed by atoms with Crippen molar-refractivity contribution in [1.82, 2.24) is 14.9 Å². The molecule has 1 aromatic heterocycles. The summed E-state index contributed by atoms with van der Waals surface area (Å²) in [7, 11) is 0. The van der Waals surface area contributed by atoms with Gasteiger partial charge in [0.1, 0.15) is 11.5 Å². The number of amides is 1. The summed E-state index contributed by atoms with van der Waals surface area (Å²) >= 11 is 0. The quantitative estimate of drug-likeness (QED) is 0.818. The van der Waals surface area contributed by atoms with E-state index in [1.807, 2.05) is 13.8 Å². The van der Waals surface area contributed by atoms with E-state index in [4.69, 9.17) is 0 Å². The van der Waals surface area contributed by atoms with Gasteiger partial charge < -0.3 is 10.2 Å². The monoisotopic (exact) mass is 236 g/mol. The molecule has 1 aromatic rings. The Balaban J connectivity index is 2.79. The van der Waals surface area contributed by atoms with E-state index in [0.29, 0.717) is 24.6 Å². The number of aromatic nitrogens is 2. The van der Waals surface area contributed by atoms with Gasteiger partial charge in [0.25, 0.3) is 5.91 Å². The Labute approximate surface area is 102 Å². The van der Waals surface area contributed by atoms with Crippen molar-refractivity contribution in [3.63, 3.8) is 0 Å². The van der Waals surface area contributed by atoms with Gasteiger partial charge in [0.05, 0.1) is 12.4 Å². The van der Waals surface area contributed by atoms with Gasteiger partial charge in [0.2, 0.25) is 0 Å². The topological polar surface area (TPSA) is 58.1 Å². The van der Waals surface area contributed by atoms with Gasteiger partial charge in [-0.15, -0.1) is 0 Å². The second kappa shape index (κ2) is 6.83. The summed E-state index contributed by atoms with van der Waals surface area (Å²) in [6.45, 7) is 8.18. The van der Waals surface area contributed by atoms with Crippen LogP contribution in [-0.2, 0) is 0 Å². The maximum atomic E-state index is 12.0. The van der Waals surface area contributed by atoms with E-state index in [0.717, 1.165) is 13.0 Å². The van der Waals surface area contributed by atoms with Crippen LogP contribution in [-0.4, -0.2) is 40.4 Å². The molecule has 0 saturated heterocycles. The lowest BCUT2D eigenvalue weighted by Gasteiger charge is -2.17. The van der Waals surface area contributed by atoms with E-state index in [9.17, 15) is 4.79 Å². The second-order valence-corrected chi connectivity index (χ2v) is 3.69. The van der Waals surface area contributed by atoms with Crippen LogP contribution >= 0.6 is 0 Å². The van der Waals surface area contributed by atoms with E-state index < -0.39 is 0 Å². The van der Waals surface area contributed by atoms with Crippen molar-refractivity contribution in [2.45, 2.75) is 27.2 Å². The van der Waals surface area contributed by atoms with Crippen LogP contribution in [0.4, 0.5) is 5.82 Å². The molecule has 0 saturated carbocycles. The highest BCUT2D eigenvalue weighted by Crippen LogP contribution is 2.05. The number of nitrogens with zero attached hydrogens (tertiary/aromatic N) is 3. The van der Waals surface area contributed by atoms with Crippen LogP contribution < -0.4 is 5.32 Å². The summed E-state index contributed by atoms with van der Waals surface area (Å²) in [5.74, 6) is 0.590. The third kappa shape index (κ3) is 3.69. The Morgan fingerprint density at radius 1 is 1.29 bits per heavy atom. The SMILES string of the molecule is CCCNc1cncc(C(=O)N(CC)CC)n1. The standard InChI is InChI=1S/C12H20N4O/c1-4-7-14-11-9-13-8-10(15-11)12(17)16(5-2)6-3/h8-9H,4-7H2,1-3H3,(H,14,15). The van der Waals surface area contributed by atoms with E-state index in [1.165, 1.54) is 6.20 Å². The molecule has 0 spiro atoms. The van der Waals surface area contributed by atoms with E-state index in [1.54, 1.807) is 11.1 Å². The highest BCUT2D eigenvalue weighted by molar-refractivity contribution is 5.92. The molecule has 0 atom stereocenters. The molecule has 5 nitrogen and oxygen atoms in total. The number of anilines is 1. The van der Waals surface area contributed by atoms with Crippen molar-refractivity contribution < 1.29 is 4.79 Å². The van der Waals surface area contributed by atoms with E-state index >= 15 is 0 Å². The molecule has 1 heterocycles. The normalized spacial score (nSPS) is 10.1. The van der Waals surface area contributed by atoms with Gasteiger partial charge in [-0.05, 0) is 20.3 Å². The van der Waals surface area contributed by atoms with Crippen molar-refractivity contribution in [1.29, 1.82) is 0 Å². The Kier molecular flexibility index (Phi) is 5.39. The highest BCUT2D eigenvalue weighted by atomic mass is 16.2. The summed E-state index contributed by atoms with van der Waals surface area (Å²) in [5, 5.41) is 3.12. The Bertz CT molecular complexity index is 363.